The summed E-state index contributed by atoms with van der Waals surface area (Å²) in [5.41, 5.74) is 0.315. The Morgan fingerprint density at radius 2 is 2.12 bits per heavy atom. The van der Waals surface area contributed by atoms with Gasteiger partial charge in [-0.1, -0.05) is 6.07 Å². The highest BCUT2D eigenvalue weighted by Gasteiger charge is 2.16. The first-order valence-corrected chi connectivity index (χ1v) is 5.36. The smallest absolute Gasteiger partial charge is 0.341 e. The van der Waals surface area contributed by atoms with Crippen LogP contribution in [0.2, 0.25) is 0 Å². The summed E-state index contributed by atoms with van der Waals surface area (Å²) in [6, 6.07) is 5.22. The molecule has 0 fully saturated rings. The molecular formula is C11H8BrNO3. The molecule has 0 bridgehead atoms. The molecule has 0 saturated heterocycles. The van der Waals surface area contributed by atoms with Crippen molar-refractivity contribution in [3.63, 3.8) is 0 Å². The van der Waals surface area contributed by atoms with E-state index in [9.17, 15) is 9.59 Å². The topological polar surface area (TPSA) is 70.2 Å². The van der Waals surface area contributed by atoms with Crippen molar-refractivity contribution in [3.8, 4) is 0 Å². The van der Waals surface area contributed by atoms with Crippen LogP contribution in [-0.4, -0.2) is 16.1 Å². The van der Waals surface area contributed by atoms with Crippen molar-refractivity contribution in [1.82, 2.24) is 4.98 Å². The number of aromatic carboxylic acids is 1. The Labute approximate surface area is 99.0 Å². The monoisotopic (exact) mass is 281 g/mol. The minimum absolute atomic E-state index is 0.209. The summed E-state index contributed by atoms with van der Waals surface area (Å²) in [5, 5.41) is 9.33. The van der Waals surface area contributed by atoms with Crippen LogP contribution in [0.1, 0.15) is 16.1 Å². The van der Waals surface area contributed by atoms with Crippen LogP contribution in [0.5, 0.6) is 0 Å². The minimum atomic E-state index is -1.21. The van der Waals surface area contributed by atoms with E-state index in [1.165, 1.54) is 0 Å². The molecule has 2 N–H and O–H groups in total. The van der Waals surface area contributed by atoms with E-state index >= 15 is 0 Å². The summed E-state index contributed by atoms with van der Waals surface area (Å²) in [6.45, 7) is 1.57. The number of carboxylic acids is 1. The molecule has 0 atom stereocenters. The zero-order valence-corrected chi connectivity index (χ0v) is 9.96. The molecule has 0 aliphatic carbocycles. The molecule has 0 spiro atoms. The first-order chi connectivity index (χ1) is 7.52. The molecule has 4 nitrogen and oxygen atoms in total. The summed E-state index contributed by atoms with van der Waals surface area (Å²) in [6.07, 6.45) is 0. The quantitative estimate of drug-likeness (QED) is 0.843. The number of halogens is 1. The van der Waals surface area contributed by atoms with Crippen molar-refractivity contribution >= 4 is 32.8 Å². The molecule has 0 aliphatic rings. The van der Waals surface area contributed by atoms with E-state index in [2.05, 4.69) is 20.9 Å². The lowest BCUT2D eigenvalue weighted by Crippen LogP contribution is -2.18. The Kier molecular flexibility index (Phi) is 2.55. The van der Waals surface area contributed by atoms with Crippen LogP contribution in [-0.2, 0) is 0 Å². The fraction of sp³-hybridized carbons (Fsp3) is 0.0909. The van der Waals surface area contributed by atoms with Gasteiger partial charge in [0.05, 0.1) is 10.9 Å². The van der Waals surface area contributed by atoms with Crippen LogP contribution in [0.4, 0.5) is 0 Å². The standard InChI is InChI=1S/C11H8BrNO3/c1-5-8(11(15)16)10(14)9-6(12)3-2-4-7(9)13-5/h2-4H,1H3,(H,13,14)(H,15,16). The molecule has 0 aliphatic heterocycles. The van der Waals surface area contributed by atoms with Crippen LogP contribution in [0.3, 0.4) is 0 Å². The van der Waals surface area contributed by atoms with Gasteiger partial charge in [-0.15, -0.1) is 0 Å². The van der Waals surface area contributed by atoms with Crippen molar-refractivity contribution < 1.29 is 9.90 Å². The number of benzene rings is 1. The Balaban J connectivity index is 3.03. The Bertz CT molecular complexity index is 645. The van der Waals surface area contributed by atoms with Gasteiger partial charge in [0.15, 0.2) is 0 Å². The number of H-pyrrole nitrogens is 1. The first kappa shape index (κ1) is 10.9. The predicted molar refractivity (Wildman–Crippen MR) is 64.0 cm³/mol. The van der Waals surface area contributed by atoms with Gasteiger partial charge in [0.1, 0.15) is 5.56 Å². The van der Waals surface area contributed by atoms with E-state index in [1.54, 1.807) is 25.1 Å². The van der Waals surface area contributed by atoms with Crippen molar-refractivity contribution in [1.29, 1.82) is 0 Å². The number of rotatable bonds is 1. The molecule has 5 heteroatoms. The van der Waals surface area contributed by atoms with Crippen LogP contribution in [0.15, 0.2) is 27.5 Å². The number of hydrogen-bond donors (Lipinski definition) is 2. The zero-order chi connectivity index (χ0) is 11.9. The first-order valence-electron chi connectivity index (χ1n) is 4.56. The average Bonchev–Trinajstić information content (AvgIpc) is 2.15. The summed E-state index contributed by atoms with van der Waals surface area (Å²) in [4.78, 5) is 25.9. The van der Waals surface area contributed by atoms with Gasteiger partial charge in [-0.2, -0.15) is 0 Å². The number of pyridine rings is 1. The molecular weight excluding hydrogens is 274 g/mol. The molecule has 2 aromatic rings. The maximum absolute atomic E-state index is 12.0. The van der Waals surface area contributed by atoms with Crippen LogP contribution in [0.25, 0.3) is 10.9 Å². The second kappa shape index (κ2) is 3.75. The Morgan fingerprint density at radius 3 is 2.75 bits per heavy atom. The van der Waals surface area contributed by atoms with Gasteiger partial charge in [-0.05, 0) is 35.0 Å². The summed E-state index contributed by atoms with van der Waals surface area (Å²) in [5.74, 6) is -1.21. The minimum Gasteiger partial charge on any atom is -0.477 e. The number of aromatic amines is 1. The lowest BCUT2D eigenvalue weighted by Gasteiger charge is -2.05. The van der Waals surface area contributed by atoms with Gasteiger partial charge < -0.3 is 10.1 Å². The number of carbonyl (C=O) groups is 1. The molecule has 16 heavy (non-hydrogen) atoms. The van der Waals surface area contributed by atoms with Crippen molar-refractivity contribution in [2.75, 3.05) is 0 Å². The maximum Gasteiger partial charge on any atom is 0.341 e. The van der Waals surface area contributed by atoms with Crippen LogP contribution in [0, 0.1) is 6.92 Å². The highest BCUT2D eigenvalue weighted by atomic mass is 79.9. The van der Waals surface area contributed by atoms with Gasteiger partial charge in [0.25, 0.3) is 0 Å². The SMILES string of the molecule is Cc1[nH]c2cccc(Br)c2c(=O)c1C(=O)O. The molecule has 0 amide bonds. The lowest BCUT2D eigenvalue weighted by atomic mass is 10.1. The molecule has 0 radical (unpaired) electrons. The third kappa shape index (κ3) is 1.53. The van der Waals surface area contributed by atoms with Gasteiger partial charge in [-0.3, -0.25) is 4.79 Å². The fourth-order valence-corrected chi connectivity index (χ4v) is 2.22. The third-order valence-corrected chi connectivity index (χ3v) is 3.04. The zero-order valence-electron chi connectivity index (χ0n) is 8.37. The summed E-state index contributed by atoms with van der Waals surface area (Å²) < 4.78 is 0.591. The van der Waals surface area contributed by atoms with Gasteiger partial charge in [0.2, 0.25) is 5.43 Å². The predicted octanol–water partition coefficient (Wildman–Crippen LogP) is 2.30. The molecule has 0 unspecified atom stereocenters. The molecule has 82 valence electrons. The summed E-state index contributed by atoms with van der Waals surface area (Å²) >= 11 is 3.24. The van der Waals surface area contributed by atoms with Gasteiger partial charge >= 0.3 is 5.97 Å². The number of hydrogen-bond acceptors (Lipinski definition) is 2. The van der Waals surface area contributed by atoms with Crippen molar-refractivity contribution in [3.05, 3.63) is 44.2 Å². The van der Waals surface area contributed by atoms with Crippen molar-refractivity contribution in [2.24, 2.45) is 0 Å². The van der Waals surface area contributed by atoms with Crippen LogP contribution < -0.4 is 5.43 Å². The number of carboxylic acid groups (broad SMARTS) is 1. The Morgan fingerprint density at radius 1 is 1.44 bits per heavy atom. The van der Waals surface area contributed by atoms with Gasteiger partial charge in [0, 0.05) is 10.2 Å². The molecule has 1 aromatic heterocycles. The molecule has 1 heterocycles. The fourth-order valence-electron chi connectivity index (χ4n) is 1.68. The highest BCUT2D eigenvalue weighted by molar-refractivity contribution is 9.10. The van der Waals surface area contributed by atoms with Crippen LogP contribution >= 0.6 is 15.9 Å². The van der Waals surface area contributed by atoms with E-state index in [1.807, 2.05) is 0 Å². The summed E-state index contributed by atoms with van der Waals surface area (Å²) in [7, 11) is 0. The number of aryl methyl sites for hydroxylation is 1. The van der Waals surface area contributed by atoms with E-state index < -0.39 is 11.4 Å². The number of nitrogens with one attached hydrogen (secondary N) is 1. The number of aromatic nitrogens is 1. The second-order valence-corrected chi connectivity index (χ2v) is 4.28. The Hall–Kier alpha value is -1.62. The molecule has 1 aromatic carbocycles. The highest BCUT2D eigenvalue weighted by Crippen LogP contribution is 2.20. The van der Waals surface area contributed by atoms with E-state index in [4.69, 9.17) is 5.11 Å². The lowest BCUT2D eigenvalue weighted by molar-refractivity contribution is 0.0694. The van der Waals surface area contributed by atoms with E-state index in [0.29, 0.717) is 21.1 Å². The van der Waals surface area contributed by atoms with Crippen molar-refractivity contribution in [2.45, 2.75) is 6.92 Å². The molecule has 0 saturated carbocycles. The number of fused-ring (bicyclic) bond motifs is 1. The average molecular weight is 282 g/mol. The normalized spacial score (nSPS) is 10.6. The maximum atomic E-state index is 12.0. The van der Waals surface area contributed by atoms with E-state index in [-0.39, 0.29) is 5.56 Å². The largest absolute Gasteiger partial charge is 0.477 e. The third-order valence-electron chi connectivity index (χ3n) is 2.38. The molecule has 2 rings (SSSR count). The van der Waals surface area contributed by atoms with Gasteiger partial charge in [-0.25, -0.2) is 4.79 Å². The van der Waals surface area contributed by atoms with E-state index in [0.717, 1.165) is 0 Å². The second-order valence-electron chi connectivity index (χ2n) is 3.42.